The molecule has 7 heteroatoms. The van der Waals surface area contributed by atoms with E-state index < -0.39 is 0 Å². The number of benzene rings is 1. The molecule has 0 bridgehead atoms. The minimum absolute atomic E-state index is 0.0835. The standard InChI is InChI=1S/C16H12FN5S/c17-12-3-1-10(2-4-12)13-9-20-16(22-15(18)23)21-14(13)11-5-7-19-8-6-11/h1-9H,(H3,18,20,21,22,23). The Morgan fingerprint density at radius 2 is 1.74 bits per heavy atom. The van der Waals surface area contributed by atoms with E-state index >= 15 is 0 Å². The summed E-state index contributed by atoms with van der Waals surface area (Å²) in [4.78, 5) is 12.7. The number of aromatic nitrogens is 3. The predicted octanol–water partition coefficient (Wildman–Crippen LogP) is 3.00. The van der Waals surface area contributed by atoms with Gasteiger partial charge in [0.1, 0.15) is 5.82 Å². The number of rotatable bonds is 3. The first-order chi connectivity index (χ1) is 11.1. The minimum Gasteiger partial charge on any atom is -0.376 e. The lowest BCUT2D eigenvalue weighted by Crippen LogP contribution is -2.20. The molecule has 3 aromatic rings. The molecule has 0 saturated heterocycles. The zero-order valence-electron chi connectivity index (χ0n) is 11.9. The fraction of sp³-hybridized carbons (Fsp3) is 0. The van der Waals surface area contributed by atoms with Gasteiger partial charge in [0.25, 0.3) is 0 Å². The van der Waals surface area contributed by atoms with Crippen molar-refractivity contribution in [3.63, 3.8) is 0 Å². The molecule has 0 atom stereocenters. The first kappa shape index (κ1) is 15.0. The Bertz CT molecular complexity index is 837. The predicted molar refractivity (Wildman–Crippen MR) is 91.1 cm³/mol. The Labute approximate surface area is 137 Å². The lowest BCUT2D eigenvalue weighted by Gasteiger charge is -2.11. The van der Waals surface area contributed by atoms with Crippen molar-refractivity contribution in [2.24, 2.45) is 5.73 Å². The van der Waals surface area contributed by atoms with E-state index in [4.69, 9.17) is 18.0 Å². The highest BCUT2D eigenvalue weighted by molar-refractivity contribution is 7.80. The highest BCUT2D eigenvalue weighted by atomic mass is 32.1. The molecule has 0 unspecified atom stereocenters. The number of nitrogens with two attached hydrogens (primary N) is 1. The van der Waals surface area contributed by atoms with Crippen molar-refractivity contribution in [1.82, 2.24) is 15.0 Å². The van der Waals surface area contributed by atoms with Gasteiger partial charge >= 0.3 is 0 Å². The Morgan fingerprint density at radius 1 is 1.04 bits per heavy atom. The van der Waals surface area contributed by atoms with Gasteiger partial charge in [-0.05, 0) is 42.0 Å². The van der Waals surface area contributed by atoms with E-state index in [1.807, 2.05) is 12.1 Å². The number of hydrogen-bond donors (Lipinski definition) is 2. The Kier molecular flexibility index (Phi) is 4.20. The van der Waals surface area contributed by atoms with Crippen LogP contribution in [0.2, 0.25) is 0 Å². The first-order valence-corrected chi connectivity index (χ1v) is 7.14. The third kappa shape index (κ3) is 3.46. The van der Waals surface area contributed by atoms with Crippen molar-refractivity contribution in [3.8, 4) is 22.4 Å². The van der Waals surface area contributed by atoms with Crippen LogP contribution in [-0.2, 0) is 0 Å². The number of nitrogens with one attached hydrogen (secondary N) is 1. The van der Waals surface area contributed by atoms with Gasteiger partial charge in [0.05, 0.1) is 5.69 Å². The number of anilines is 1. The molecule has 0 aliphatic carbocycles. The molecule has 3 rings (SSSR count). The molecule has 2 heterocycles. The molecular weight excluding hydrogens is 313 g/mol. The van der Waals surface area contributed by atoms with Gasteiger partial charge in [-0.3, -0.25) is 4.98 Å². The molecular formula is C16H12FN5S. The summed E-state index contributed by atoms with van der Waals surface area (Å²) in [7, 11) is 0. The summed E-state index contributed by atoms with van der Waals surface area (Å²) in [5, 5.41) is 2.80. The van der Waals surface area contributed by atoms with Crippen molar-refractivity contribution < 1.29 is 4.39 Å². The number of thiocarbonyl (C=S) groups is 1. The van der Waals surface area contributed by atoms with E-state index in [0.717, 1.165) is 16.7 Å². The molecule has 0 radical (unpaired) electrons. The molecule has 0 spiro atoms. The van der Waals surface area contributed by atoms with Crippen LogP contribution in [0.5, 0.6) is 0 Å². The fourth-order valence-electron chi connectivity index (χ4n) is 2.12. The van der Waals surface area contributed by atoms with Gasteiger partial charge in [-0.15, -0.1) is 0 Å². The summed E-state index contributed by atoms with van der Waals surface area (Å²) in [6.45, 7) is 0. The number of halogens is 1. The summed E-state index contributed by atoms with van der Waals surface area (Å²) in [6, 6.07) is 9.82. The normalized spacial score (nSPS) is 10.3. The van der Waals surface area contributed by atoms with Crippen LogP contribution in [0.1, 0.15) is 0 Å². The highest BCUT2D eigenvalue weighted by Gasteiger charge is 2.12. The summed E-state index contributed by atoms with van der Waals surface area (Å²) >= 11 is 4.81. The maximum atomic E-state index is 13.2. The molecule has 0 aliphatic rings. The quantitative estimate of drug-likeness (QED) is 0.721. The zero-order chi connectivity index (χ0) is 16.2. The monoisotopic (exact) mass is 325 g/mol. The van der Waals surface area contributed by atoms with Gasteiger partial charge in [0, 0.05) is 29.7 Å². The largest absolute Gasteiger partial charge is 0.376 e. The summed E-state index contributed by atoms with van der Waals surface area (Å²) < 4.78 is 13.2. The van der Waals surface area contributed by atoms with Crippen molar-refractivity contribution >= 4 is 23.3 Å². The van der Waals surface area contributed by atoms with Crippen molar-refractivity contribution in [2.45, 2.75) is 0 Å². The molecule has 5 nitrogen and oxygen atoms in total. The molecule has 0 amide bonds. The smallest absolute Gasteiger partial charge is 0.229 e. The van der Waals surface area contributed by atoms with Gasteiger partial charge in [-0.1, -0.05) is 12.1 Å². The Balaban J connectivity index is 2.15. The molecule has 0 fully saturated rings. The average Bonchev–Trinajstić information content (AvgIpc) is 2.56. The number of pyridine rings is 1. The van der Waals surface area contributed by atoms with Crippen molar-refractivity contribution in [1.29, 1.82) is 0 Å². The molecule has 114 valence electrons. The van der Waals surface area contributed by atoms with Gasteiger partial charge in [0.15, 0.2) is 5.11 Å². The van der Waals surface area contributed by atoms with Crippen LogP contribution >= 0.6 is 12.2 Å². The second-order valence-electron chi connectivity index (χ2n) is 4.69. The topological polar surface area (TPSA) is 76.7 Å². The van der Waals surface area contributed by atoms with Gasteiger partial charge in [-0.2, -0.15) is 0 Å². The maximum absolute atomic E-state index is 13.2. The van der Waals surface area contributed by atoms with E-state index in [1.165, 1.54) is 12.1 Å². The van der Waals surface area contributed by atoms with Crippen LogP contribution in [0.15, 0.2) is 55.0 Å². The van der Waals surface area contributed by atoms with E-state index in [1.54, 1.807) is 30.7 Å². The summed E-state index contributed by atoms with van der Waals surface area (Å²) in [6.07, 6.45) is 5.00. The fourth-order valence-corrected chi connectivity index (χ4v) is 2.21. The van der Waals surface area contributed by atoms with Crippen LogP contribution in [-0.4, -0.2) is 20.1 Å². The Morgan fingerprint density at radius 3 is 2.39 bits per heavy atom. The maximum Gasteiger partial charge on any atom is 0.229 e. The molecule has 2 aromatic heterocycles. The van der Waals surface area contributed by atoms with E-state index in [0.29, 0.717) is 11.6 Å². The number of nitrogens with zero attached hydrogens (tertiary/aromatic N) is 3. The summed E-state index contributed by atoms with van der Waals surface area (Å²) in [5.74, 6) is 0.00192. The third-order valence-electron chi connectivity index (χ3n) is 3.13. The first-order valence-electron chi connectivity index (χ1n) is 6.73. The molecule has 1 aromatic carbocycles. The second-order valence-corrected chi connectivity index (χ2v) is 5.13. The van der Waals surface area contributed by atoms with Crippen molar-refractivity contribution in [3.05, 3.63) is 60.8 Å². The lowest BCUT2D eigenvalue weighted by atomic mass is 10.0. The van der Waals surface area contributed by atoms with Crippen molar-refractivity contribution in [2.75, 3.05) is 5.32 Å². The Hall–Kier alpha value is -2.93. The molecule has 23 heavy (non-hydrogen) atoms. The zero-order valence-corrected chi connectivity index (χ0v) is 12.7. The van der Waals surface area contributed by atoms with Crippen LogP contribution in [0.4, 0.5) is 10.3 Å². The van der Waals surface area contributed by atoms with E-state index in [-0.39, 0.29) is 10.9 Å². The van der Waals surface area contributed by atoms with Crippen LogP contribution < -0.4 is 11.1 Å². The molecule has 3 N–H and O–H groups in total. The second kappa shape index (κ2) is 6.45. The highest BCUT2D eigenvalue weighted by Crippen LogP contribution is 2.30. The average molecular weight is 325 g/mol. The van der Waals surface area contributed by atoms with Crippen LogP contribution in [0.3, 0.4) is 0 Å². The lowest BCUT2D eigenvalue weighted by molar-refractivity contribution is 0.628. The SMILES string of the molecule is NC(=S)Nc1ncc(-c2ccc(F)cc2)c(-c2ccncc2)n1. The van der Waals surface area contributed by atoms with Gasteiger partial charge in [-0.25, -0.2) is 14.4 Å². The summed E-state index contributed by atoms with van der Waals surface area (Å²) in [5.41, 5.74) is 8.57. The van der Waals surface area contributed by atoms with Crippen LogP contribution in [0.25, 0.3) is 22.4 Å². The number of hydrogen-bond acceptors (Lipinski definition) is 4. The van der Waals surface area contributed by atoms with Gasteiger partial charge < -0.3 is 11.1 Å². The third-order valence-corrected chi connectivity index (χ3v) is 3.23. The molecule has 0 saturated carbocycles. The van der Waals surface area contributed by atoms with E-state index in [2.05, 4.69) is 20.3 Å². The van der Waals surface area contributed by atoms with Crippen LogP contribution in [0, 0.1) is 5.82 Å². The molecule has 0 aliphatic heterocycles. The van der Waals surface area contributed by atoms with Gasteiger partial charge in [0.2, 0.25) is 5.95 Å². The van der Waals surface area contributed by atoms with E-state index in [9.17, 15) is 4.39 Å². The minimum atomic E-state index is -0.299.